The molecule has 0 fully saturated rings. The quantitative estimate of drug-likeness (QED) is 0.679. The largest absolute Gasteiger partial charge is 0.449 e. The summed E-state index contributed by atoms with van der Waals surface area (Å²) in [7, 11) is -3.49. The zero-order chi connectivity index (χ0) is 20.2. The van der Waals surface area contributed by atoms with Gasteiger partial charge in [-0.05, 0) is 31.2 Å². The minimum atomic E-state index is -3.49. The van der Waals surface area contributed by atoms with Crippen LogP contribution >= 0.6 is 23.2 Å². The number of hydrogen-bond donors (Lipinski definition) is 2. The van der Waals surface area contributed by atoms with Gasteiger partial charge in [-0.2, -0.15) is 0 Å². The lowest BCUT2D eigenvalue weighted by Crippen LogP contribution is -2.30. The van der Waals surface area contributed by atoms with Crippen molar-refractivity contribution in [3.8, 4) is 0 Å². The van der Waals surface area contributed by atoms with Crippen LogP contribution in [0.5, 0.6) is 0 Å². The van der Waals surface area contributed by atoms with E-state index in [2.05, 4.69) is 15.0 Å². The number of nitrogens with one attached hydrogen (secondary N) is 2. The second kappa shape index (κ2) is 8.55. The maximum atomic E-state index is 12.2. The molecule has 27 heavy (non-hydrogen) atoms. The van der Waals surface area contributed by atoms with Gasteiger partial charge in [0, 0.05) is 11.9 Å². The summed E-state index contributed by atoms with van der Waals surface area (Å²) in [5.74, 6) is -1.37. The molecule has 1 aromatic carbocycles. The number of ether oxygens (including phenoxy) is 1. The second-order valence-electron chi connectivity index (χ2n) is 5.48. The minimum absolute atomic E-state index is 0.0750. The average molecular weight is 432 g/mol. The monoisotopic (exact) mass is 431 g/mol. The molecule has 2 N–H and O–H groups in total. The fourth-order valence-corrected chi connectivity index (χ4v) is 2.91. The predicted molar refractivity (Wildman–Crippen MR) is 103 cm³/mol. The van der Waals surface area contributed by atoms with E-state index in [9.17, 15) is 18.0 Å². The molecule has 0 aliphatic carbocycles. The average Bonchev–Trinajstić information content (AvgIpc) is 2.55. The first-order valence-corrected chi connectivity index (χ1v) is 10.1. The highest BCUT2D eigenvalue weighted by Crippen LogP contribution is 2.22. The summed E-state index contributed by atoms with van der Waals surface area (Å²) in [4.78, 5) is 28.2. The van der Waals surface area contributed by atoms with E-state index in [-0.39, 0.29) is 22.1 Å². The first-order chi connectivity index (χ1) is 12.5. The number of anilines is 2. The third-order valence-electron chi connectivity index (χ3n) is 3.10. The Bertz CT molecular complexity index is 982. The first kappa shape index (κ1) is 20.9. The third-order valence-corrected chi connectivity index (χ3v) is 4.21. The number of halogens is 2. The number of hydrogen-bond acceptors (Lipinski definition) is 6. The highest BCUT2D eigenvalue weighted by atomic mass is 35.5. The number of sulfonamides is 1. The summed E-state index contributed by atoms with van der Waals surface area (Å²) in [5, 5.41) is 2.87. The van der Waals surface area contributed by atoms with E-state index in [0.29, 0.717) is 5.02 Å². The van der Waals surface area contributed by atoms with Gasteiger partial charge < -0.3 is 10.1 Å². The Morgan fingerprint density at radius 1 is 1.22 bits per heavy atom. The molecule has 0 radical (unpaired) electrons. The Morgan fingerprint density at radius 3 is 2.56 bits per heavy atom. The topological polar surface area (TPSA) is 114 Å². The molecule has 0 aliphatic rings. The molecule has 2 rings (SSSR count). The van der Waals surface area contributed by atoms with Crippen LogP contribution in [0.2, 0.25) is 10.0 Å². The van der Waals surface area contributed by atoms with Crippen molar-refractivity contribution in [1.82, 2.24) is 4.98 Å². The van der Waals surface area contributed by atoms with Gasteiger partial charge in [0.2, 0.25) is 10.0 Å². The van der Waals surface area contributed by atoms with Crippen LogP contribution in [-0.4, -0.2) is 37.6 Å². The van der Waals surface area contributed by atoms with Gasteiger partial charge in [-0.1, -0.05) is 29.3 Å². The van der Waals surface area contributed by atoms with Crippen LogP contribution in [0, 0.1) is 0 Å². The van der Waals surface area contributed by atoms with Crippen molar-refractivity contribution in [3.63, 3.8) is 0 Å². The molecular formula is C16H15Cl2N3O5S. The van der Waals surface area contributed by atoms with Gasteiger partial charge in [0.05, 0.1) is 21.9 Å². The fraction of sp³-hybridized carbons (Fsp3) is 0.188. The fourth-order valence-electron chi connectivity index (χ4n) is 1.93. The lowest BCUT2D eigenvalue weighted by atomic mass is 10.2. The SMILES string of the molecule is CC(OC(=O)c1cccc(NS(C)(=O)=O)c1)C(=O)Nc1ncc(Cl)cc1Cl. The first-order valence-electron chi connectivity index (χ1n) is 7.46. The van der Waals surface area contributed by atoms with E-state index < -0.39 is 28.0 Å². The molecule has 0 aliphatic heterocycles. The van der Waals surface area contributed by atoms with Gasteiger partial charge in [0.15, 0.2) is 11.9 Å². The van der Waals surface area contributed by atoms with Crippen LogP contribution in [0.25, 0.3) is 0 Å². The second-order valence-corrected chi connectivity index (χ2v) is 8.07. The Kier molecular flexibility index (Phi) is 6.63. The maximum Gasteiger partial charge on any atom is 0.338 e. The Morgan fingerprint density at radius 2 is 1.93 bits per heavy atom. The van der Waals surface area contributed by atoms with Gasteiger partial charge in [-0.3, -0.25) is 9.52 Å². The van der Waals surface area contributed by atoms with Crippen molar-refractivity contribution in [1.29, 1.82) is 0 Å². The number of carbonyl (C=O) groups is 2. The van der Waals surface area contributed by atoms with E-state index in [1.54, 1.807) is 0 Å². The number of nitrogens with zero attached hydrogens (tertiary/aromatic N) is 1. The van der Waals surface area contributed by atoms with Crippen molar-refractivity contribution in [2.45, 2.75) is 13.0 Å². The Hall–Kier alpha value is -2.36. The number of benzene rings is 1. The van der Waals surface area contributed by atoms with Crippen molar-refractivity contribution in [2.75, 3.05) is 16.3 Å². The highest BCUT2D eigenvalue weighted by Gasteiger charge is 2.20. The Balaban J connectivity index is 2.04. The van der Waals surface area contributed by atoms with Crippen LogP contribution < -0.4 is 10.0 Å². The van der Waals surface area contributed by atoms with E-state index in [1.807, 2.05) is 0 Å². The molecule has 1 atom stereocenters. The molecule has 1 unspecified atom stereocenters. The highest BCUT2D eigenvalue weighted by molar-refractivity contribution is 7.92. The molecule has 144 valence electrons. The van der Waals surface area contributed by atoms with Crippen LogP contribution in [0.3, 0.4) is 0 Å². The summed E-state index contributed by atoms with van der Waals surface area (Å²) in [5.41, 5.74) is 0.271. The summed E-state index contributed by atoms with van der Waals surface area (Å²) in [6.45, 7) is 1.37. The molecule has 8 nitrogen and oxygen atoms in total. The van der Waals surface area contributed by atoms with Crippen molar-refractivity contribution in [3.05, 3.63) is 52.1 Å². The standard InChI is InChI=1S/C16H15Cl2N3O5S/c1-9(15(22)20-14-13(18)7-11(17)8-19-14)26-16(23)10-4-3-5-12(6-10)21-27(2,24)25/h3-9,21H,1-2H3,(H,19,20,22). The minimum Gasteiger partial charge on any atom is -0.449 e. The number of rotatable bonds is 6. The van der Waals surface area contributed by atoms with Crippen LogP contribution in [-0.2, 0) is 19.6 Å². The van der Waals surface area contributed by atoms with Crippen molar-refractivity contribution < 1.29 is 22.7 Å². The van der Waals surface area contributed by atoms with E-state index in [1.165, 1.54) is 43.5 Å². The smallest absolute Gasteiger partial charge is 0.338 e. The van der Waals surface area contributed by atoms with Gasteiger partial charge in [0.1, 0.15) is 0 Å². The maximum absolute atomic E-state index is 12.2. The van der Waals surface area contributed by atoms with E-state index in [0.717, 1.165) is 6.26 Å². The van der Waals surface area contributed by atoms with Crippen molar-refractivity contribution in [2.24, 2.45) is 0 Å². The summed E-state index contributed by atoms with van der Waals surface area (Å²) in [6.07, 6.45) is 1.14. The zero-order valence-electron chi connectivity index (χ0n) is 14.2. The Labute approximate surface area is 165 Å². The van der Waals surface area contributed by atoms with Crippen LogP contribution in [0.1, 0.15) is 17.3 Å². The molecule has 1 aromatic heterocycles. The van der Waals surface area contributed by atoms with Gasteiger partial charge in [-0.25, -0.2) is 18.2 Å². The molecule has 0 saturated carbocycles. The lowest BCUT2D eigenvalue weighted by Gasteiger charge is -2.14. The zero-order valence-corrected chi connectivity index (χ0v) is 16.5. The lowest BCUT2D eigenvalue weighted by molar-refractivity contribution is -0.123. The molecule has 11 heteroatoms. The number of pyridine rings is 1. The number of carbonyl (C=O) groups excluding carboxylic acids is 2. The van der Waals surface area contributed by atoms with Crippen LogP contribution in [0.4, 0.5) is 11.5 Å². The van der Waals surface area contributed by atoms with E-state index in [4.69, 9.17) is 27.9 Å². The molecule has 0 bridgehead atoms. The van der Waals surface area contributed by atoms with E-state index >= 15 is 0 Å². The van der Waals surface area contributed by atoms with Crippen molar-refractivity contribution >= 4 is 56.6 Å². The number of esters is 1. The van der Waals surface area contributed by atoms with Gasteiger partial charge >= 0.3 is 5.97 Å². The molecule has 0 saturated heterocycles. The normalized spacial score (nSPS) is 12.1. The summed E-state index contributed by atoms with van der Waals surface area (Å²) < 4.78 is 29.9. The third kappa shape index (κ3) is 6.38. The predicted octanol–water partition coefficient (Wildman–Crippen LogP) is 2.94. The van der Waals surface area contributed by atoms with Gasteiger partial charge in [0.25, 0.3) is 5.91 Å². The number of aromatic nitrogens is 1. The van der Waals surface area contributed by atoms with Crippen LogP contribution in [0.15, 0.2) is 36.5 Å². The molecule has 2 aromatic rings. The molecule has 0 spiro atoms. The summed E-state index contributed by atoms with van der Waals surface area (Å²) in [6, 6.07) is 7.08. The molecule has 1 amide bonds. The molecule has 1 heterocycles. The number of amides is 1. The van der Waals surface area contributed by atoms with Gasteiger partial charge in [-0.15, -0.1) is 0 Å². The molecular weight excluding hydrogens is 417 g/mol. The summed E-state index contributed by atoms with van der Waals surface area (Å²) >= 11 is 11.7.